The molecule has 0 fully saturated rings. The molecule has 0 bridgehead atoms. The van der Waals surface area contributed by atoms with Gasteiger partial charge in [0.05, 0.1) is 0 Å². The summed E-state index contributed by atoms with van der Waals surface area (Å²) >= 11 is 0. The minimum absolute atomic E-state index is 0.156. The molecule has 0 saturated carbocycles. The second-order valence-electron chi connectivity index (χ2n) is 3.65. The number of hydrogen-bond acceptors (Lipinski definition) is 3. The fourth-order valence-electron chi connectivity index (χ4n) is 0.931. The van der Waals surface area contributed by atoms with Crippen LogP contribution < -0.4 is 0 Å². The van der Waals surface area contributed by atoms with Crippen molar-refractivity contribution in [2.45, 2.75) is 26.8 Å². The first-order valence-corrected chi connectivity index (χ1v) is 5.97. The molecule has 0 aliphatic rings. The minimum Gasteiger partial charge on any atom is -0.480 e. The van der Waals surface area contributed by atoms with E-state index in [4.69, 9.17) is 5.11 Å². The van der Waals surface area contributed by atoms with Gasteiger partial charge in [-0.25, -0.2) is 12.7 Å². The van der Waals surface area contributed by atoms with Gasteiger partial charge in [-0.1, -0.05) is 13.8 Å². The Morgan fingerprint density at radius 3 is 2.07 bits per heavy atom. The van der Waals surface area contributed by atoms with E-state index in [1.807, 2.05) is 13.8 Å². The fourth-order valence-corrected chi connectivity index (χ4v) is 2.20. The second-order valence-corrected chi connectivity index (χ2v) is 5.68. The highest BCUT2D eigenvalue weighted by molar-refractivity contribution is 7.89. The highest BCUT2D eigenvalue weighted by Crippen LogP contribution is 2.12. The van der Waals surface area contributed by atoms with Gasteiger partial charge in [0, 0.05) is 13.1 Å². The van der Waals surface area contributed by atoms with Crippen LogP contribution in [0.4, 0.5) is 0 Å². The van der Waals surface area contributed by atoms with Crippen molar-refractivity contribution in [3.63, 3.8) is 0 Å². The maximum Gasteiger partial charge on any atom is 0.320 e. The van der Waals surface area contributed by atoms with Crippen molar-refractivity contribution in [1.82, 2.24) is 4.31 Å². The van der Waals surface area contributed by atoms with E-state index in [1.165, 1.54) is 7.05 Å². The van der Waals surface area contributed by atoms with E-state index >= 15 is 0 Å². The van der Waals surface area contributed by atoms with Gasteiger partial charge in [0.1, 0.15) is 0 Å². The third-order valence-electron chi connectivity index (χ3n) is 2.28. The van der Waals surface area contributed by atoms with Crippen LogP contribution in [0.5, 0.6) is 0 Å². The third-order valence-corrected chi connectivity index (χ3v) is 4.10. The number of hydrogen-bond donors (Lipinski definition) is 1. The lowest BCUT2D eigenvalue weighted by Gasteiger charge is -2.26. The Hall–Kier alpha value is -0.620. The molecule has 0 aromatic heterocycles. The average Bonchev–Trinajstić information content (AvgIpc) is 1.99. The molecule has 0 aromatic rings. The van der Waals surface area contributed by atoms with Crippen LogP contribution in [0.3, 0.4) is 0 Å². The lowest BCUT2D eigenvalue weighted by molar-refractivity contribution is -0.134. The van der Waals surface area contributed by atoms with Crippen LogP contribution in [-0.4, -0.2) is 42.6 Å². The van der Waals surface area contributed by atoms with Crippen LogP contribution in [0.2, 0.25) is 0 Å². The first-order valence-electron chi connectivity index (χ1n) is 4.36. The number of carboxylic acid groups (broad SMARTS) is 1. The van der Waals surface area contributed by atoms with E-state index in [0.717, 1.165) is 4.31 Å². The van der Waals surface area contributed by atoms with Crippen LogP contribution >= 0.6 is 0 Å². The van der Waals surface area contributed by atoms with Gasteiger partial charge in [-0.3, -0.25) is 4.79 Å². The van der Waals surface area contributed by atoms with Gasteiger partial charge in [0.15, 0.2) is 5.75 Å². The molecule has 14 heavy (non-hydrogen) atoms. The van der Waals surface area contributed by atoms with Crippen LogP contribution in [0.25, 0.3) is 0 Å². The van der Waals surface area contributed by atoms with Crippen molar-refractivity contribution >= 4 is 16.0 Å². The van der Waals surface area contributed by atoms with E-state index in [-0.39, 0.29) is 12.0 Å². The summed E-state index contributed by atoms with van der Waals surface area (Å²) in [5.41, 5.74) is 0. The number of aliphatic carboxylic acids is 1. The summed E-state index contributed by atoms with van der Waals surface area (Å²) < 4.78 is 24.0. The second kappa shape index (κ2) is 4.75. The summed E-state index contributed by atoms with van der Waals surface area (Å²) in [7, 11) is -2.26. The molecule has 0 aliphatic carbocycles. The molecule has 84 valence electrons. The zero-order valence-electron chi connectivity index (χ0n) is 8.89. The lowest BCUT2D eigenvalue weighted by atomic mass is 10.1. The maximum atomic E-state index is 11.4. The molecule has 0 radical (unpaired) electrons. The summed E-state index contributed by atoms with van der Waals surface area (Å²) in [6.07, 6.45) is 0. The quantitative estimate of drug-likeness (QED) is 0.731. The van der Waals surface area contributed by atoms with Crippen molar-refractivity contribution in [1.29, 1.82) is 0 Å². The van der Waals surface area contributed by atoms with Crippen LogP contribution in [0.1, 0.15) is 20.8 Å². The van der Waals surface area contributed by atoms with Gasteiger partial charge in [-0.05, 0) is 12.8 Å². The van der Waals surface area contributed by atoms with Crippen molar-refractivity contribution in [2.75, 3.05) is 12.8 Å². The molecule has 1 unspecified atom stereocenters. The molecule has 0 saturated heterocycles. The predicted molar refractivity (Wildman–Crippen MR) is 53.5 cm³/mol. The Labute approximate surface area is 84.8 Å². The largest absolute Gasteiger partial charge is 0.480 e. The topological polar surface area (TPSA) is 74.7 Å². The SMILES string of the molecule is CC(C)C(C)N(C)S(=O)(=O)CC(=O)O. The molecular weight excluding hydrogens is 206 g/mol. The molecule has 0 rings (SSSR count). The van der Waals surface area contributed by atoms with E-state index in [1.54, 1.807) is 6.92 Å². The van der Waals surface area contributed by atoms with Gasteiger partial charge < -0.3 is 5.11 Å². The van der Waals surface area contributed by atoms with Gasteiger partial charge in [-0.15, -0.1) is 0 Å². The van der Waals surface area contributed by atoms with Crippen LogP contribution in [-0.2, 0) is 14.8 Å². The van der Waals surface area contributed by atoms with Crippen molar-refractivity contribution < 1.29 is 18.3 Å². The lowest BCUT2D eigenvalue weighted by Crippen LogP contribution is -2.41. The smallest absolute Gasteiger partial charge is 0.320 e. The fraction of sp³-hybridized carbons (Fsp3) is 0.875. The van der Waals surface area contributed by atoms with Crippen molar-refractivity contribution in [3.8, 4) is 0 Å². The van der Waals surface area contributed by atoms with Crippen LogP contribution in [0, 0.1) is 5.92 Å². The first-order chi connectivity index (χ1) is 6.18. The summed E-state index contributed by atoms with van der Waals surface area (Å²) in [5.74, 6) is -2.02. The molecule has 5 nitrogen and oxygen atoms in total. The maximum absolute atomic E-state index is 11.4. The highest BCUT2D eigenvalue weighted by atomic mass is 32.2. The number of rotatable bonds is 5. The monoisotopic (exact) mass is 223 g/mol. The summed E-state index contributed by atoms with van der Waals surface area (Å²) in [4.78, 5) is 10.3. The predicted octanol–water partition coefficient (Wildman–Crippen LogP) is 0.377. The molecule has 1 N–H and O–H groups in total. The number of sulfonamides is 1. The van der Waals surface area contributed by atoms with E-state index < -0.39 is 21.7 Å². The highest BCUT2D eigenvalue weighted by Gasteiger charge is 2.27. The molecule has 0 aliphatic heterocycles. The Morgan fingerprint density at radius 2 is 1.79 bits per heavy atom. The van der Waals surface area contributed by atoms with Crippen LogP contribution in [0.15, 0.2) is 0 Å². The molecule has 0 aromatic carbocycles. The molecule has 1 atom stereocenters. The van der Waals surface area contributed by atoms with Crippen molar-refractivity contribution in [2.24, 2.45) is 5.92 Å². The van der Waals surface area contributed by atoms with E-state index in [9.17, 15) is 13.2 Å². The molecular formula is C8H17NO4S. The number of carbonyl (C=O) groups is 1. The Balaban J connectivity index is 4.67. The zero-order chi connectivity index (χ0) is 11.5. The van der Waals surface area contributed by atoms with Gasteiger partial charge in [0.2, 0.25) is 10.0 Å². The van der Waals surface area contributed by atoms with Gasteiger partial charge in [-0.2, -0.15) is 0 Å². The third kappa shape index (κ3) is 3.63. The van der Waals surface area contributed by atoms with Gasteiger partial charge >= 0.3 is 5.97 Å². The first kappa shape index (κ1) is 13.4. The Bertz CT molecular complexity index is 296. The average molecular weight is 223 g/mol. The number of carboxylic acids is 1. The molecule has 0 amide bonds. The zero-order valence-corrected chi connectivity index (χ0v) is 9.71. The summed E-state index contributed by atoms with van der Waals surface area (Å²) in [5, 5.41) is 8.41. The van der Waals surface area contributed by atoms with E-state index in [2.05, 4.69) is 0 Å². The van der Waals surface area contributed by atoms with Crippen molar-refractivity contribution in [3.05, 3.63) is 0 Å². The summed E-state index contributed by atoms with van der Waals surface area (Å²) in [6.45, 7) is 5.53. The molecule has 0 spiro atoms. The molecule has 0 heterocycles. The Morgan fingerprint density at radius 1 is 1.36 bits per heavy atom. The minimum atomic E-state index is -3.67. The number of nitrogens with zero attached hydrogens (tertiary/aromatic N) is 1. The Kier molecular flexibility index (Phi) is 4.54. The van der Waals surface area contributed by atoms with Gasteiger partial charge in [0.25, 0.3) is 0 Å². The molecule has 6 heteroatoms. The normalized spacial score (nSPS) is 14.7. The standard InChI is InChI=1S/C8H17NO4S/c1-6(2)7(3)9(4)14(12,13)5-8(10)11/h6-7H,5H2,1-4H3,(H,10,11). The summed E-state index contributed by atoms with van der Waals surface area (Å²) in [6, 6.07) is -0.195. The van der Waals surface area contributed by atoms with E-state index in [0.29, 0.717) is 0 Å².